The van der Waals surface area contributed by atoms with Crippen molar-refractivity contribution < 1.29 is 4.74 Å². The predicted octanol–water partition coefficient (Wildman–Crippen LogP) is 1.45. The van der Waals surface area contributed by atoms with Crippen LogP contribution in [0.25, 0.3) is 5.69 Å². The Morgan fingerprint density at radius 1 is 1.19 bits per heavy atom. The largest absolute Gasteiger partial charge is 0.374 e. The summed E-state index contributed by atoms with van der Waals surface area (Å²) in [5.41, 5.74) is 1.06. The zero-order valence-electron chi connectivity index (χ0n) is 15.0. The van der Waals surface area contributed by atoms with Crippen molar-refractivity contribution in [3.8, 4) is 5.69 Å². The summed E-state index contributed by atoms with van der Waals surface area (Å²) < 4.78 is 8.08. The smallest absolute Gasteiger partial charge is 0.194 e. The summed E-state index contributed by atoms with van der Waals surface area (Å²) in [5.74, 6) is 3.15. The molecule has 4 atom stereocenters. The number of hydrogen-bond donors (Lipinski definition) is 1. The van der Waals surface area contributed by atoms with Crippen molar-refractivity contribution in [3.63, 3.8) is 0 Å². The number of rotatable bonds is 3. The maximum atomic E-state index is 6.08. The van der Waals surface area contributed by atoms with E-state index in [1.54, 1.807) is 6.33 Å². The molecule has 1 aromatic carbocycles. The van der Waals surface area contributed by atoms with Gasteiger partial charge in [-0.1, -0.05) is 18.2 Å². The number of aliphatic imine (C=N–C) groups is 1. The van der Waals surface area contributed by atoms with Crippen molar-refractivity contribution in [2.24, 2.45) is 16.8 Å². The van der Waals surface area contributed by atoms with Crippen molar-refractivity contribution in [1.82, 2.24) is 25.0 Å². The first-order valence-corrected chi connectivity index (χ1v) is 9.39. The van der Waals surface area contributed by atoms with Crippen molar-refractivity contribution in [1.29, 1.82) is 0 Å². The number of benzene rings is 1. The highest BCUT2D eigenvalue weighted by Crippen LogP contribution is 2.47. The third-order valence-electron chi connectivity index (χ3n) is 6.02. The molecule has 0 spiro atoms. The minimum absolute atomic E-state index is 0.467. The average molecular weight is 352 g/mol. The summed E-state index contributed by atoms with van der Waals surface area (Å²) in [6.45, 7) is 2.67. The fourth-order valence-electron chi connectivity index (χ4n) is 4.81. The van der Waals surface area contributed by atoms with Crippen LogP contribution in [0, 0.1) is 11.8 Å². The average Bonchev–Trinajstić information content (AvgIpc) is 3.44. The molecule has 2 aromatic rings. The van der Waals surface area contributed by atoms with E-state index in [1.165, 1.54) is 12.8 Å². The number of hydrogen-bond acceptors (Lipinski definition) is 4. The Morgan fingerprint density at radius 2 is 1.92 bits per heavy atom. The van der Waals surface area contributed by atoms with Gasteiger partial charge >= 0.3 is 0 Å². The number of guanidine groups is 1. The Hall–Kier alpha value is -2.41. The molecule has 1 aromatic heterocycles. The molecule has 3 aliphatic heterocycles. The van der Waals surface area contributed by atoms with Crippen LogP contribution >= 0.6 is 0 Å². The van der Waals surface area contributed by atoms with E-state index in [0.717, 1.165) is 30.6 Å². The molecule has 2 bridgehead atoms. The summed E-state index contributed by atoms with van der Waals surface area (Å²) in [7, 11) is 1.85. The minimum atomic E-state index is 0.467. The van der Waals surface area contributed by atoms with Crippen molar-refractivity contribution >= 4 is 5.96 Å². The molecule has 5 rings (SSSR count). The lowest BCUT2D eigenvalue weighted by Gasteiger charge is -2.23. The van der Waals surface area contributed by atoms with Crippen LogP contribution in [-0.2, 0) is 11.3 Å². The van der Waals surface area contributed by atoms with Crippen LogP contribution in [0.4, 0.5) is 0 Å². The highest BCUT2D eigenvalue weighted by atomic mass is 16.5. The summed E-state index contributed by atoms with van der Waals surface area (Å²) in [6, 6.07) is 10.2. The minimum Gasteiger partial charge on any atom is -0.374 e. The molecule has 4 heterocycles. The highest BCUT2D eigenvalue weighted by Gasteiger charge is 2.53. The number of para-hydroxylation sites is 1. The molecular formula is C19H24N6O. The van der Waals surface area contributed by atoms with E-state index in [9.17, 15) is 0 Å². The van der Waals surface area contributed by atoms with Gasteiger partial charge in [-0.2, -0.15) is 0 Å². The number of nitrogens with one attached hydrogen (secondary N) is 1. The molecular weight excluding hydrogens is 328 g/mol. The zero-order valence-corrected chi connectivity index (χ0v) is 15.0. The van der Waals surface area contributed by atoms with E-state index in [-0.39, 0.29) is 0 Å². The Kier molecular flexibility index (Phi) is 3.89. The third-order valence-corrected chi connectivity index (χ3v) is 6.02. The summed E-state index contributed by atoms with van der Waals surface area (Å²) in [5, 5.41) is 11.8. The molecule has 136 valence electrons. The second-order valence-corrected chi connectivity index (χ2v) is 7.38. The Bertz CT molecular complexity index is 785. The van der Waals surface area contributed by atoms with E-state index in [0.29, 0.717) is 30.6 Å². The summed E-state index contributed by atoms with van der Waals surface area (Å²) >= 11 is 0. The summed E-state index contributed by atoms with van der Waals surface area (Å²) in [6.07, 6.45) is 5.14. The van der Waals surface area contributed by atoms with Crippen LogP contribution in [0.3, 0.4) is 0 Å². The van der Waals surface area contributed by atoms with Gasteiger partial charge in [-0.3, -0.25) is 9.56 Å². The third kappa shape index (κ3) is 2.58. The van der Waals surface area contributed by atoms with Gasteiger partial charge in [0.25, 0.3) is 0 Å². The number of ether oxygens (including phenoxy) is 1. The van der Waals surface area contributed by atoms with Crippen LogP contribution in [0.1, 0.15) is 18.7 Å². The molecule has 0 radical (unpaired) electrons. The Balaban J connectivity index is 1.26. The lowest BCUT2D eigenvalue weighted by molar-refractivity contribution is 0.0767. The van der Waals surface area contributed by atoms with E-state index < -0.39 is 0 Å². The van der Waals surface area contributed by atoms with Gasteiger partial charge in [0, 0.05) is 37.7 Å². The van der Waals surface area contributed by atoms with E-state index >= 15 is 0 Å². The second-order valence-electron chi connectivity index (χ2n) is 7.38. The van der Waals surface area contributed by atoms with Gasteiger partial charge in [0.15, 0.2) is 11.8 Å². The standard InChI is InChI=1S/C19H24N6O/c1-20-19(24-10-14-15(11-24)17-8-7-16(14)26-17)21-9-18-23-22-12-25(18)13-5-3-2-4-6-13/h2-6,12,14-17H,7-11H2,1H3,(H,20,21). The summed E-state index contributed by atoms with van der Waals surface area (Å²) in [4.78, 5) is 6.88. The fourth-order valence-corrected chi connectivity index (χ4v) is 4.81. The lowest BCUT2D eigenvalue weighted by Crippen LogP contribution is -2.41. The van der Waals surface area contributed by atoms with Gasteiger partial charge in [0.2, 0.25) is 0 Å². The maximum Gasteiger partial charge on any atom is 0.194 e. The van der Waals surface area contributed by atoms with Gasteiger partial charge in [0.1, 0.15) is 6.33 Å². The van der Waals surface area contributed by atoms with E-state index in [1.807, 2.05) is 29.8 Å². The molecule has 0 saturated carbocycles. The number of fused-ring (bicyclic) bond motifs is 5. The van der Waals surface area contributed by atoms with Gasteiger partial charge in [-0.25, -0.2) is 0 Å². The molecule has 3 aliphatic rings. The SMILES string of the molecule is CN=C(NCc1nncn1-c1ccccc1)N1CC2C3CCC(O3)C2C1. The van der Waals surface area contributed by atoms with Crippen LogP contribution < -0.4 is 5.32 Å². The zero-order chi connectivity index (χ0) is 17.5. The molecule has 4 unspecified atom stereocenters. The molecule has 1 N–H and O–H groups in total. The van der Waals surface area contributed by atoms with Crippen molar-refractivity contribution in [3.05, 3.63) is 42.5 Å². The molecule has 26 heavy (non-hydrogen) atoms. The van der Waals surface area contributed by atoms with E-state index in [4.69, 9.17) is 4.74 Å². The first kappa shape index (κ1) is 15.8. The Morgan fingerprint density at radius 3 is 2.62 bits per heavy atom. The molecule has 0 aliphatic carbocycles. The fraction of sp³-hybridized carbons (Fsp3) is 0.526. The highest BCUT2D eigenvalue weighted by molar-refractivity contribution is 5.80. The maximum absolute atomic E-state index is 6.08. The monoisotopic (exact) mass is 352 g/mol. The molecule has 0 amide bonds. The number of nitrogens with zero attached hydrogens (tertiary/aromatic N) is 5. The Labute approximate surface area is 153 Å². The first-order valence-electron chi connectivity index (χ1n) is 9.39. The van der Waals surface area contributed by atoms with Crippen LogP contribution in [0.2, 0.25) is 0 Å². The number of likely N-dealkylation sites (tertiary alicyclic amines) is 1. The molecule has 3 saturated heterocycles. The number of aromatic nitrogens is 3. The van der Waals surface area contributed by atoms with Crippen LogP contribution in [-0.4, -0.2) is 58.0 Å². The van der Waals surface area contributed by atoms with Gasteiger partial charge < -0.3 is 15.0 Å². The van der Waals surface area contributed by atoms with Crippen molar-refractivity contribution in [2.75, 3.05) is 20.1 Å². The molecule has 3 fully saturated rings. The van der Waals surface area contributed by atoms with Gasteiger partial charge in [0.05, 0.1) is 18.8 Å². The second kappa shape index (κ2) is 6.39. The molecule has 7 heteroatoms. The van der Waals surface area contributed by atoms with Gasteiger partial charge in [-0.05, 0) is 25.0 Å². The van der Waals surface area contributed by atoms with Crippen LogP contribution in [0.15, 0.2) is 41.7 Å². The van der Waals surface area contributed by atoms with Crippen LogP contribution in [0.5, 0.6) is 0 Å². The van der Waals surface area contributed by atoms with Gasteiger partial charge in [-0.15, -0.1) is 10.2 Å². The topological polar surface area (TPSA) is 67.6 Å². The predicted molar refractivity (Wildman–Crippen MR) is 98.0 cm³/mol. The molecule has 7 nitrogen and oxygen atoms in total. The normalized spacial score (nSPS) is 30.0. The van der Waals surface area contributed by atoms with E-state index in [2.05, 4.69) is 37.5 Å². The first-order chi connectivity index (χ1) is 12.8. The lowest BCUT2D eigenvalue weighted by atomic mass is 9.82. The van der Waals surface area contributed by atoms with Crippen molar-refractivity contribution in [2.45, 2.75) is 31.6 Å². The quantitative estimate of drug-likeness (QED) is 0.669.